The Bertz CT molecular complexity index is 894. The molecule has 1 heterocycles. The highest BCUT2D eigenvalue weighted by Gasteiger charge is 2.18. The van der Waals surface area contributed by atoms with Crippen molar-refractivity contribution in [1.29, 1.82) is 0 Å². The van der Waals surface area contributed by atoms with E-state index in [1.807, 2.05) is 36.4 Å². The summed E-state index contributed by atoms with van der Waals surface area (Å²) in [6.45, 7) is 0. The van der Waals surface area contributed by atoms with Crippen molar-refractivity contribution in [2.75, 3.05) is 17.7 Å². The van der Waals surface area contributed by atoms with E-state index in [-0.39, 0.29) is 0 Å². The summed E-state index contributed by atoms with van der Waals surface area (Å²) in [5.41, 5.74) is 2.06. The Morgan fingerprint density at radius 2 is 1.54 bits per heavy atom. The first-order chi connectivity index (χ1) is 12.7. The molecule has 0 aliphatic heterocycles. The number of nitrogens with one attached hydrogen (secondary N) is 2. The van der Waals surface area contributed by atoms with Crippen molar-refractivity contribution >= 4 is 34.2 Å². The lowest BCUT2D eigenvalue weighted by molar-refractivity contribution is 0.187. The SMILES string of the molecule is COC(=O)Nc1scc(NC(=O)Oc2ccccc2)c1-c1ccccc1. The lowest BCUT2D eigenvalue weighted by Crippen LogP contribution is -2.17. The van der Waals surface area contributed by atoms with E-state index in [2.05, 4.69) is 15.4 Å². The number of hydrogen-bond donors (Lipinski definition) is 2. The Morgan fingerprint density at radius 3 is 2.19 bits per heavy atom. The van der Waals surface area contributed by atoms with E-state index in [1.165, 1.54) is 18.4 Å². The molecule has 3 rings (SSSR count). The molecule has 0 saturated heterocycles. The molecule has 132 valence electrons. The molecular formula is C19H16N2O4S. The molecule has 2 N–H and O–H groups in total. The highest BCUT2D eigenvalue weighted by molar-refractivity contribution is 7.15. The number of thiophene rings is 1. The predicted molar refractivity (Wildman–Crippen MR) is 102 cm³/mol. The molecule has 0 aliphatic carbocycles. The molecule has 0 unspecified atom stereocenters. The maximum Gasteiger partial charge on any atom is 0.417 e. The van der Waals surface area contributed by atoms with Gasteiger partial charge >= 0.3 is 12.2 Å². The zero-order valence-electron chi connectivity index (χ0n) is 13.9. The second kappa shape index (κ2) is 8.17. The first-order valence-electron chi connectivity index (χ1n) is 7.73. The molecule has 3 aromatic rings. The number of benzene rings is 2. The van der Waals surface area contributed by atoms with Crippen LogP contribution in [0.1, 0.15) is 0 Å². The van der Waals surface area contributed by atoms with Crippen LogP contribution in [0.15, 0.2) is 66.0 Å². The van der Waals surface area contributed by atoms with Crippen LogP contribution in [0.25, 0.3) is 11.1 Å². The zero-order chi connectivity index (χ0) is 18.4. The molecule has 1 aromatic heterocycles. The maximum absolute atomic E-state index is 12.2. The van der Waals surface area contributed by atoms with E-state index < -0.39 is 12.2 Å². The molecule has 0 saturated carbocycles. The quantitative estimate of drug-likeness (QED) is 0.663. The standard InChI is InChI=1S/C19H16N2O4S/c1-24-18(22)21-17-16(13-8-4-2-5-9-13)15(12-26-17)20-19(23)25-14-10-6-3-7-11-14/h2-12H,1H3,(H,20,23)(H,21,22). The van der Waals surface area contributed by atoms with Crippen molar-refractivity contribution < 1.29 is 19.1 Å². The van der Waals surface area contributed by atoms with Crippen LogP contribution in [-0.2, 0) is 4.74 Å². The van der Waals surface area contributed by atoms with Gasteiger partial charge in [-0.3, -0.25) is 10.6 Å². The van der Waals surface area contributed by atoms with Gasteiger partial charge in [0.2, 0.25) is 0 Å². The number of ether oxygens (including phenoxy) is 2. The Morgan fingerprint density at radius 1 is 0.885 bits per heavy atom. The summed E-state index contributed by atoms with van der Waals surface area (Å²) in [4.78, 5) is 23.8. The van der Waals surface area contributed by atoms with Crippen molar-refractivity contribution in [2.45, 2.75) is 0 Å². The van der Waals surface area contributed by atoms with Gasteiger partial charge in [0, 0.05) is 10.9 Å². The van der Waals surface area contributed by atoms with Gasteiger partial charge < -0.3 is 9.47 Å². The average Bonchev–Trinajstić information content (AvgIpc) is 3.05. The fourth-order valence-corrected chi connectivity index (χ4v) is 3.21. The molecule has 0 aliphatic rings. The lowest BCUT2D eigenvalue weighted by atomic mass is 10.1. The average molecular weight is 368 g/mol. The highest BCUT2D eigenvalue weighted by atomic mass is 32.1. The minimum absolute atomic E-state index is 0.439. The number of hydrogen-bond acceptors (Lipinski definition) is 5. The van der Waals surface area contributed by atoms with Crippen LogP contribution in [0.2, 0.25) is 0 Å². The van der Waals surface area contributed by atoms with Crippen molar-refractivity contribution in [2.24, 2.45) is 0 Å². The second-order valence-electron chi connectivity index (χ2n) is 5.16. The Balaban J connectivity index is 1.86. The van der Waals surface area contributed by atoms with Gasteiger partial charge in [-0.25, -0.2) is 9.59 Å². The van der Waals surface area contributed by atoms with E-state index >= 15 is 0 Å². The van der Waals surface area contributed by atoms with Gasteiger partial charge in [-0.15, -0.1) is 11.3 Å². The maximum atomic E-state index is 12.2. The number of rotatable bonds is 4. The minimum Gasteiger partial charge on any atom is -0.453 e. The van der Waals surface area contributed by atoms with Crippen LogP contribution in [0.5, 0.6) is 5.75 Å². The molecule has 2 amide bonds. The number of methoxy groups -OCH3 is 1. The molecule has 0 fully saturated rings. The van der Waals surface area contributed by atoms with Crippen molar-refractivity contribution in [3.63, 3.8) is 0 Å². The van der Waals surface area contributed by atoms with E-state index in [4.69, 9.17) is 4.74 Å². The third-order valence-electron chi connectivity index (χ3n) is 3.44. The summed E-state index contributed by atoms with van der Waals surface area (Å²) in [5, 5.41) is 7.70. The van der Waals surface area contributed by atoms with Gasteiger partial charge in [-0.1, -0.05) is 48.5 Å². The predicted octanol–water partition coefficient (Wildman–Crippen LogP) is 5.20. The molecule has 26 heavy (non-hydrogen) atoms. The Labute approximate surface area is 154 Å². The summed E-state index contributed by atoms with van der Waals surface area (Å²) >= 11 is 1.28. The molecule has 0 bridgehead atoms. The molecule has 7 heteroatoms. The van der Waals surface area contributed by atoms with Gasteiger partial charge in [0.1, 0.15) is 10.8 Å². The third kappa shape index (κ3) is 4.20. The molecule has 0 radical (unpaired) electrons. The van der Waals surface area contributed by atoms with Crippen LogP contribution in [-0.4, -0.2) is 19.3 Å². The monoisotopic (exact) mass is 368 g/mol. The van der Waals surface area contributed by atoms with Gasteiger partial charge in [-0.05, 0) is 17.7 Å². The smallest absolute Gasteiger partial charge is 0.417 e. The van der Waals surface area contributed by atoms with E-state index in [9.17, 15) is 9.59 Å². The zero-order valence-corrected chi connectivity index (χ0v) is 14.7. The van der Waals surface area contributed by atoms with Gasteiger partial charge in [0.15, 0.2) is 0 Å². The fraction of sp³-hybridized carbons (Fsp3) is 0.0526. The van der Waals surface area contributed by atoms with E-state index in [1.54, 1.807) is 29.6 Å². The number of anilines is 2. The van der Waals surface area contributed by atoms with Crippen molar-refractivity contribution in [3.8, 4) is 16.9 Å². The molecule has 2 aromatic carbocycles. The number of carbonyl (C=O) groups is 2. The van der Waals surface area contributed by atoms with E-state index in [0.29, 0.717) is 22.0 Å². The van der Waals surface area contributed by atoms with Crippen LogP contribution in [0.3, 0.4) is 0 Å². The summed E-state index contributed by atoms with van der Waals surface area (Å²) in [7, 11) is 1.29. The topological polar surface area (TPSA) is 76.7 Å². The summed E-state index contributed by atoms with van der Waals surface area (Å²) in [6, 6.07) is 18.2. The van der Waals surface area contributed by atoms with Crippen LogP contribution < -0.4 is 15.4 Å². The normalized spacial score (nSPS) is 10.0. The van der Waals surface area contributed by atoms with Crippen LogP contribution in [0.4, 0.5) is 20.3 Å². The Kier molecular flexibility index (Phi) is 5.50. The summed E-state index contributed by atoms with van der Waals surface area (Å²) in [5.74, 6) is 0.439. The van der Waals surface area contributed by atoms with Crippen LogP contribution in [0, 0.1) is 0 Å². The molecule has 0 atom stereocenters. The van der Waals surface area contributed by atoms with Gasteiger partial charge in [0.05, 0.1) is 12.8 Å². The summed E-state index contributed by atoms with van der Waals surface area (Å²) < 4.78 is 9.92. The molecule has 6 nitrogen and oxygen atoms in total. The number of para-hydroxylation sites is 1. The highest BCUT2D eigenvalue weighted by Crippen LogP contribution is 2.41. The first-order valence-corrected chi connectivity index (χ1v) is 8.61. The number of amides is 2. The molecular weight excluding hydrogens is 352 g/mol. The first kappa shape index (κ1) is 17.5. The number of carbonyl (C=O) groups excluding carboxylic acids is 2. The van der Waals surface area contributed by atoms with Gasteiger partial charge in [0.25, 0.3) is 0 Å². The summed E-state index contributed by atoms with van der Waals surface area (Å²) in [6.07, 6.45) is -1.20. The van der Waals surface area contributed by atoms with E-state index in [0.717, 1.165) is 5.56 Å². The van der Waals surface area contributed by atoms with Crippen LogP contribution >= 0.6 is 11.3 Å². The lowest BCUT2D eigenvalue weighted by Gasteiger charge is -2.10. The third-order valence-corrected chi connectivity index (χ3v) is 4.34. The molecule has 0 spiro atoms. The van der Waals surface area contributed by atoms with Crippen molar-refractivity contribution in [3.05, 3.63) is 66.0 Å². The second-order valence-corrected chi connectivity index (χ2v) is 6.04. The fourth-order valence-electron chi connectivity index (χ4n) is 2.31. The minimum atomic E-state index is -0.615. The van der Waals surface area contributed by atoms with Gasteiger partial charge in [-0.2, -0.15) is 0 Å². The van der Waals surface area contributed by atoms with Crippen molar-refractivity contribution in [1.82, 2.24) is 0 Å². The largest absolute Gasteiger partial charge is 0.453 e. The Hall–Kier alpha value is -3.32.